The molecule has 0 aliphatic rings. The third kappa shape index (κ3) is 0.657. The Hall–Kier alpha value is -1.16. The van der Waals surface area contributed by atoms with Crippen molar-refractivity contribution in [2.24, 2.45) is 0 Å². The van der Waals surface area contributed by atoms with Gasteiger partial charge in [-0.1, -0.05) is 0 Å². The van der Waals surface area contributed by atoms with Crippen LogP contribution < -0.4 is 0 Å². The number of fused-ring (bicyclic) bond motifs is 1. The average molecular weight is 155 g/mol. The molecule has 0 unspecified atom stereocenters. The van der Waals surface area contributed by atoms with Crippen LogP contribution in [0.1, 0.15) is 0 Å². The largest absolute Gasteiger partial charge is 0.242 e. The number of nitrogens with zero attached hydrogens (tertiary/aromatic N) is 4. The maximum absolute atomic E-state index is 5.65. The molecule has 4 nitrogen and oxygen atoms in total. The van der Waals surface area contributed by atoms with E-state index in [2.05, 4.69) is 15.0 Å². The van der Waals surface area contributed by atoms with Crippen molar-refractivity contribution in [1.82, 2.24) is 19.0 Å². The van der Waals surface area contributed by atoms with Crippen molar-refractivity contribution in [3.05, 3.63) is 18.9 Å². The zero-order valence-electron chi connectivity index (χ0n) is 4.90. The summed E-state index contributed by atoms with van der Waals surface area (Å²) < 4.78 is 1.36. The van der Waals surface area contributed by atoms with Gasteiger partial charge in [0.1, 0.15) is 18.2 Å². The van der Waals surface area contributed by atoms with Crippen LogP contribution >= 0.6 is 11.8 Å². The molecule has 0 aliphatic heterocycles. The number of rotatable bonds is 0. The highest BCUT2D eigenvalue weighted by Gasteiger charge is 1.98. The van der Waals surface area contributed by atoms with Crippen LogP contribution in [0.5, 0.6) is 0 Å². The first-order valence-electron chi connectivity index (χ1n) is 2.67. The molecule has 0 saturated carbocycles. The molecular formula is C5H3ClN4. The number of halogens is 1. The van der Waals surface area contributed by atoms with E-state index in [0.29, 0.717) is 5.65 Å². The Morgan fingerprint density at radius 3 is 3.10 bits per heavy atom. The Balaban J connectivity index is 2.93. The van der Waals surface area contributed by atoms with E-state index in [1.54, 1.807) is 6.20 Å². The number of imidazole rings is 1. The molecule has 2 aromatic rings. The Morgan fingerprint density at radius 2 is 2.30 bits per heavy atom. The van der Waals surface area contributed by atoms with Gasteiger partial charge in [0.15, 0.2) is 5.65 Å². The van der Waals surface area contributed by atoms with Gasteiger partial charge < -0.3 is 0 Å². The highest BCUT2D eigenvalue weighted by Crippen LogP contribution is 2.07. The van der Waals surface area contributed by atoms with Gasteiger partial charge in [0.25, 0.3) is 0 Å². The summed E-state index contributed by atoms with van der Waals surface area (Å²) in [5, 5.41) is 0. The molecule has 0 atom stereocenters. The summed E-state index contributed by atoms with van der Waals surface area (Å²) in [4.78, 5) is 11.6. The van der Waals surface area contributed by atoms with Crippen LogP contribution in [-0.2, 0) is 0 Å². The standard InChI is InChI=1S/C5H3ClN4/c6-10-3-9-5-4(10)1-7-2-8-5/h1-3H. The van der Waals surface area contributed by atoms with Crippen molar-refractivity contribution in [2.45, 2.75) is 0 Å². The number of hydrogen-bond donors (Lipinski definition) is 0. The van der Waals surface area contributed by atoms with Gasteiger partial charge in [-0.25, -0.2) is 19.0 Å². The van der Waals surface area contributed by atoms with Crippen molar-refractivity contribution >= 4 is 22.9 Å². The fraction of sp³-hybridized carbons (Fsp3) is 0. The summed E-state index contributed by atoms with van der Waals surface area (Å²) in [6.07, 6.45) is 4.54. The molecule has 0 bridgehead atoms. The summed E-state index contributed by atoms with van der Waals surface area (Å²) in [6.45, 7) is 0. The molecular weight excluding hydrogens is 152 g/mol. The minimum Gasteiger partial charge on any atom is -0.242 e. The molecule has 0 aliphatic carbocycles. The average Bonchev–Trinajstić information content (AvgIpc) is 2.34. The van der Waals surface area contributed by atoms with Crippen LogP contribution in [0.4, 0.5) is 0 Å². The smallest absolute Gasteiger partial charge is 0.182 e. The maximum Gasteiger partial charge on any atom is 0.182 e. The molecule has 0 N–H and O–H groups in total. The minimum absolute atomic E-state index is 0.616. The Bertz CT molecular complexity index is 355. The van der Waals surface area contributed by atoms with E-state index < -0.39 is 0 Å². The monoisotopic (exact) mass is 154 g/mol. The van der Waals surface area contributed by atoms with Crippen molar-refractivity contribution in [1.29, 1.82) is 0 Å². The first kappa shape index (κ1) is 5.61. The number of aromatic nitrogens is 4. The van der Waals surface area contributed by atoms with E-state index >= 15 is 0 Å². The Kier molecular flexibility index (Phi) is 1.07. The Labute approximate surface area is 61.6 Å². The fourth-order valence-corrected chi connectivity index (χ4v) is 0.896. The molecule has 0 amide bonds. The fourth-order valence-electron chi connectivity index (χ4n) is 0.734. The summed E-state index contributed by atoms with van der Waals surface area (Å²) in [6, 6.07) is 0. The summed E-state index contributed by atoms with van der Waals surface area (Å²) in [5.74, 6) is 0. The van der Waals surface area contributed by atoms with Gasteiger partial charge >= 0.3 is 0 Å². The van der Waals surface area contributed by atoms with Crippen LogP contribution in [0.15, 0.2) is 18.9 Å². The SMILES string of the molecule is Cln1cnc2ncncc21. The number of hydrogen-bond acceptors (Lipinski definition) is 3. The lowest BCUT2D eigenvalue weighted by molar-refractivity contribution is 1.20. The summed E-state index contributed by atoms with van der Waals surface area (Å²) >= 11 is 5.65. The van der Waals surface area contributed by atoms with E-state index in [9.17, 15) is 0 Å². The molecule has 2 heterocycles. The highest BCUT2D eigenvalue weighted by molar-refractivity contribution is 6.18. The lowest BCUT2D eigenvalue weighted by Crippen LogP contribution is -1.80. The van der Waals surface area contributed by atoms with Crippen molar-refractivity contribution < 1.29 is 0 Å². The maximum atomic E-state index is 5.65. The first-order chi connectivity index (χ1) is 4.88. The quantitative estimate of drug-likeness (QED) is 0.565. The van der Waals surface area contributed by atoms with Gasteiger partial charge in [-0.3, -0.25) is 0 Å². The molecule has 2 rings (SSSR count). The van der Waals surface area contributed by atoms with Gasteiger partial charge in [-0.05, 0) is 0 Å². The lowest BCUT2D eigenvalue weighted by Gasteiger charge is -1.85. The van der Waals surface area contributed by atoms with Crippen LogP contribution in [0.25, 0.3) is 11.2 Å². The van der Waals surface area contributed by atoms with Crippen LogP contribution in [-0.4, -0.2) is 19.0 Å². The topological polar surface area (TPSA) is 43.6 Å². The molecule has 5 heteroatoms. The minimum atomic E-state index is 0.616. The van der Waals surface area contributed by atoms with E-state index in [1.165, 1.54) is 16.7 Å². The second-order valence-corrected chi connectivity index (χ2v) is 2.15. The normalized spacial score (nSPS) is 10.5. The lowest BCUT2D eigenvalue weighted by atomic mass is 10.6. The predicted octanol–water partition coefficient (Wildman–Crippen LogP) is 0.828. The van der Waals surface area contributed by atoms with Gasteiger partial charge in [-0.2, -0.15) is 0 Å². The van der Waals surface area contributed by atoms with E-state index in [0.717, 1.165) is 5.52 Å². The second kappa shape index (κ2) is 1.91. The van der Waals surface area contributed by atoms with Gasteiger partial charge in [0.2, 0.25) is 0 Å². The van der Waals surface area contributed by atoms with E-state index in [4.69, 9.17) is 11.8 Å². The third-order valence-corrected chi connectivity index (χ3v) is 1.45. The molecule has 0 spiro atoms. The molecule has 50 valence electrons. The van der Waals surface area contributed by atoms with Crippen LogP contribution in [0.3, 0.4) is 0 Å². The van der Waals surface area contributed by atoms with Crippen LogP contribution in [0.2, 0.25) is 0 Å². The van der Waals surface area contributed by atoms with Gasteiger partial charge in [0.05, 0.1) is 6.20 Å². The highest BCUT2D eigenvalue weighted by atomic mass is 35.5. The van der Waals surface area contributed by atoms with Crippen molar-refractivity contribution in [2.75, 3.05) is 0 Å². The molecule has 0 saturated heterocycles. The second-order valence-electron chi connectivity index (χ2n) is 1.79. The summed E-state index contributed by atoms with van der Waals surface area (Å²) in [7, 11) is 0. The summed E-state index contributed by atoms with van der Waals surface area (Å²) in [5.41, 5.74) is 1.34. The predicted molar refractivity (Wildman–Crippen MR) is 36.6 cm³/mol. The van der Waals surface area contributed by atoms with E-state index in [1.807, 2.05) is 0 Å². The zero-order valence-corrected chi connectivity index (χ0v) is 5.65. The van der Waals surface area contributed by atoms with Crippen molar-refractivity contribution in [3.8, 4) is 0 Å². The van der Waals surface area contributed by atoms with Crippen molar-refractivity contribution in [3.63, 3.8) is 0 Å². The molecule has 0 fully saturated rings. The zero-order chi connectivity index (χ0) is 6.97. The molecule has 0 aromatic carbocycles. The third-order valence-electron chi connectivity index (χ3n) is 1.18. The van der Waals surface area contributed by atoms with E-state index in [-0.39, 0.29) is 0 Å². The molecule has 0 radical (unpaired) electrons. The van der Waals surface area contributed by atoms with Crippen LogP contribution in [0, 0.1) is 0 Å². The molecule has 10 heavy (non-hydrogen) atoms. The molecule has 2 aromatic heterocycles. The first-order valence-corrected chi connectivity index (χ1v) is 3.01. The van der Waals surface area contributed by atoms with Gasteiger partial charge in [-0.15, -0.1) is 0 Å². The van der Waals surface area contributed by atoms with Gasteiger partial charge in [0, 0.05) is 11.8 Å². The Morgan fingerprint density at radius 1 is 1.40 bits per heavy atom.